The van der Waals surface area contributed by atoms with Gasteiger partial charge in [-0.1, -0.05) is 26.7 Å². The first kappa shape index (κ1) is 13.1. The molecule has 0 amide bonds. The van der Waals surface area contributed by atoms with Crippen molar-refractivity contribution in [1.29, 1.82) is 0 Å². The van der Waals surface area contributed by atoms with Crippen LogP contribution in [0.5, 0.6) is 0 Å². The van der Waals surface area contributed by atoms with Gasteiger partial charge in [-0.05, 0) is 36.3 Å². The molecule has 14 heavy (non-hydrogen) atoms. The molecule has 0 aliphatic carbocycles. The van der Waals surface area contributed by atoms with Gasteiger partial charge in [0.25, 0.3) is 0 Å². The summed E-state index contributed by atoms with van der Waals surface area (Å²) < 4.78 is 0. The number of halogens is 2. The lowest BCUT2D eigenvalue weighted by Gasteiger charge is -2.37. The molecule has 0 aromatic heterocycles. The van der Waals surface area contributed by atoms with E-state index in [1.807, 2.05) is 0 Å². The molecule has 0 radical (unpaired) electrons. The van der Waals surface area contributed by atoms with Gasteiger partial charge in [0.15, 0.2) is 14.8 Å². The van der Waals surface area contributed by atoms with Crippen molar-refractivity contribution < 1.29 is 0 Å². The molecule has 4 heteroatoms. The van der Waals surface area contributed by atoms with E-state index in [1.165, 1.54) is 49.1 Å². The van der Waals surface area contributed by atoms with Crippen molar-refractivity contribution in [3.63, 3.8) is 0 Å². The third-order valence-corrected chi connectivity index (χ3v) is 15.2. The van der Waals surface area contributed by atoms with Gasteiger partial charge in [-0.25, -0.2) is 0 Å². The van der Waals surface area contributed by atoms with Crippen molar-refractivity contribution in [2.24, 2.45) is 0 Å². The minimum atomic E-state index is -1.33. The molecule has 1 fully saturated rings. The summed E-state index contributed by atoms with van der Waals surface area (Å²) in [6.07, 6.45) is 2.53. The number of hydrogen-bond donors (Lipinski definition) is 0. The van der Waals surface area contributed by atoms with Gasteiger partial charge in [0.2, 0.25) is 0 Å². The van der Waals surface area contributed by atoms with Crippen molar-refractivity contribution in [1.82, 2.24) is 0 Å². The van der Waals surface area contributed by atoms with E-state index in [4.69, 9.17) is 22.2 Å². The predicted octanol–water partition coefficient (Wildman–Crippen LogP) is 5.19. The molecule has 0 aromatic rings. The standard InChI is InChI=1S/C10H22Cl2Si2/c1-3-5-13(11)7-9-14(12,6-4-2)10-8-13/h3-10H2,1-2H3. The van der Waals surface area contributed by atoms with Crippen LogP contribution in [0.1, 0.15) is 26.7 Å². The summed E-state index contributed by atoms with van der Waals surface area (Å²) in [5.41, 5.74) is 0. The Morgan fingerprint density at radius 1 is 0.786 bits per heavy atom. The van der Waals surface area contributed by atoms with E-state index in [-0.39, 0.29) is 0 Å². The molecule has 0 saturated carbocycles. The maximum atomic E-state index is 6.71. The lowest BCUT2D eigenvalue weighted by atomic mass is 10.6. The minimum Gasteiger partial charge on any atom is -0.167 e. The second-order valence-electron chi connectivity index (χ2n) is 4.80. The van der Waals surface area contributed by atoms with Crippen molar-refractivity contribution in [3.8, 4) is 0 Å². The van der Waals surface area contributed by atoms with Gasteiger partial charge in [-0.2, -0.15) is 22.2 Å². The summed E-state index contributed by atoms with van der Waals surface area (Å²) in [5, 5.41) is 0. The van der Waals surface area contributed by atoms with Crippen molar-refractivity contribution in [2.75, 3.05) is 0 Å². The highest BCUT2D eigenvalue weighted by molar-refractivity contribution is 7.26. The van der Waals surface area contributed by atoms with Gasteiger partial charge >= 0.3 is 0 Å². The van der Waals surface area contributed by atoms with E-state index in [0.29, 0.717) is 0 Å². The Labute approximate surface area is 99.8 Å². The van der Waals surface area contributed by atoms with Gasteiger partial charge in [0.05, 0.1) is 0 Å². The molecule has 0 atom stereocenters. The summed E-state index contributed by atoms with van der Waals surface area (Å²) in [5.74, 6) is 0. The normalized spacial score (nSPS) is 38.6. The Bertz CT molecular complexity index is 157. The van der Waals surface area contributed by atoms with Crippen LogP contribution in [0.3, 0.4) is 0 Å². The first-order chi connectivity index (χ1) is 6.54. The van der Waals surface area contributed by atoms with Crippen LogP contribution < -0.4 is 0 Å². The maximum absolute atomic E-state index is 6.71. The topological polar surface area (TPSA) is 0 Å². The first-order valence-corrected chi connectivity index (χ1v) is 13.2. The van der Waals surface area contributed by atoms with Crippen LogP contribution in [0, 0.1) is 0 Å². The lowest BCUT2D eigenvalue weighted by molar-refractivity contribution is 0.979. The highest BCUT2D eigenvalue weighted by atomic mass is 35.6. The zero-order valence-electron chi connectivity index (χ0n) is 9.41. The quantitative estimate of drug-likeness (QED) is 0.487. The molecule has 0 spiro atoms. The van der Waals surface area contributed by atoms with Gasteiger partial charge in [0, 0.05) is 0 Å². The summed E-state index contributed by atoms with van der Waals surface area (Å²) >= 11 is 13.4. The maximum Gasteiger partial charge on any atom is 0.156 e. The van der Waals surface area contributed by atoms with Gasteiger partial charge in [-0.3, -0.25) is 0 Å². The fourth-order valence-electron chi connectivity index (χ4n) is 2.54. The third-order valence-electron chi connectivity index (χ3n) is 3.44. The van der Waals surface area contributed by atoms with Crippen molar-refractivity contribution >= 4 is 36.9 Å². The second-order valence-corrected chi connectivity index (χ2v) is 17.2. The summed E-state index contributed by atoms with van der Waals surface area (Å²) in [6, 6.07) is 7.83. The number of rotatable bonds is 4. The average molecular weight is 269 g/mol. The molecule has 0 aromatic carbocycles. The van der Waals surface area contributed by atoms with E-state index in [0.717, 1.165) is 0 Å². The Morgan fingerprint density at radius 2 is 1.07 bits per heavy atom. The molecule has 1 heterocycles. The highest BCUT2D eigenvalue weighted by Crippen LogP contribution is 2.44. The molecule has 1 aliphatic heterocycles. The Morgan fingerprint density at radius 3 is 1.29 bits per heavy atom. The SMILES string of the molecule is CCC[Si]1(Cl)CC[Si](Cl)(CCC)CC1. The van der Waals surface area contributed by atoms with Crippen LogP contribution >= 0.6 is 22.2 Å². The number of hydrogen-bond acceptors (Lipinski definition) is 0. The van der Waals surface area contributed by atoms with Crippen LogP contribution in [-0.2, 0) is 0 Å². The van der Waals surface area contributed by atoms with E-state index in [2.05, 4.69) is 13.8 Å². The minimum absolute atomic E-state index is 1.26. The zero-order chi connectivity index (χ0) is 10.7. The van der Waals surface area contributed by atoms with E-state index >= 15 is 0 Å². The van der Waals surface area contributed by atoms with Crippen molar-refractivity contribution in [3.05, 3.63) is 0 Å². The molecule has 0 N–H and O–H groups in total. The molecule has 0 unspecified atom stereocenters. The Kier molecular flexibility index (Phi) is 5.02. The Hall–Kier alpha value is 1.01. The molecule has 0 bridgehead atoms. The molecule has 1 saturated heterocycles. The molecule has 1 rings (SSSR count). The smallest absolute Gasteiger partial charge is 0.156 e. The summed E-state index contributed by atoms with van der Waals surface area (Å²) in [6.45, 7) is 4.51. The largest absolute Gasteiger partial charge is 0.167 e. The predicted molar refractivity (Wildman–Crippen MR) is 72.6 cm³/mol. The molecule has 84 valence electrons. The van der Waals surface area contributed by atoms with Gasteiger partial charge in [0.1, 0.15) is 0 Å². The van der Waals surface area contributed by atoms with Gasteiger partial charge < -0.3 is 0 Å². The second kappa shape index (κ2) is 5.37. The van der Waals surface area contributed by atoms with Crippen molar-refractivity contribution in [2.45, 2.75) is 63.0 Å². The summed E-state index contributed by atoms with van der Waals surface area (Å²) in [7, 11) is -2.66. The molecule has 0 nitrogen and oxygen atoms in total. The summed E-state index contributed by atoms with van der Waals surface area (Å²) in [4.78, 5) is 0. The third kappa shape index (κ3) is 3.55. The van der Waals surface area contributed by atoms with Crippen LogP contribution in [-0.4, -0.2) is 14.8 Å². The monoisotopic (exact) mass is 268 g/mol. The van der Waals surface area contributed by atoms with E-state index in [1.54, 1.807) is 0 Å². The Balaban J connectivity index is 2.44. The zero-order valence-corrected chi connectivity index (χ0v) is 12.9. The van der Waals surface area contributed by atoms with Crippen LogP contribution in [0.25, 0.3) is 0 Å². The molecule has 1 aliphatic rings. The highest BCUT2D eigenvalue weighted by Gasteiger charge is 2.42. The molecular formula is C10H22Cl2Si2. The average Bonchev–Trinajstić information content (AvgIpc) is 2.13. The van der Waals surface area contributed by atoms with Crippen LogP contribution in [0.4, 0.5) is 0 Å². The van der Waals surface area contributed by atoms with E-state index in [9.17, 15) is 0 Å². The first-order valence-electron chi connectivity index (χ1n) is 5.91. The van der Waals surface area contributed by atoms with Crippen LogP contribution in [0.2, 0.25) is 36.3 Å². The van der Waals surface area contributed by atoms with Gasteiger partial charge in [-0.15, -0.1) is 0 Å². The molecular weight excluding hydrogens is 247 g/mol. The fraction of sp³-hybridized carbons (Fsp3) is 1.00. The fourth-order valence-corrected chi connectivity index (χ4v) is 17.5. The lowest BCUT2D eigenvalue weighted by Crippen LogP contribution is -2.40. The van der Waals surface area contributed by atoms with Crippen LogP contribution in [0.15, 0.2) is 0 Å². The van der Waals surface area contributed by atoms with E-state index < -0.39 is 14.8 Å².